The van der Waals surface area contributed by atoms with Crippen LogP contribution < -0.4 is 14.9 Å². The van der Waals surface area contributed by atoms with Crippen molar-refractivity contribution < 1.29 is 14.3 Å². The van der Waals surface area contributed by atoms with Crippen molar-refractivity contribution in [2.24, 2.45) is 0 Å². The Bertz CT molecular complexity index is 1330. The first-order valence-corrected chi connectivity index (χ1v) is 14.0. The number of rotatable bonds is 7. The third-order valence-electron chi connectivity index (χ3n) is 6.49. The van der Waals surface area contributed by atoms with Gasteiger partial charge in [0.25, 0.3) is 0 Å². The largest absolute Gasteiger partial charge is 0.444 e. The minimum Gasteiger partial charge on any atom is -0.444 e. The highest BCUT2D eigenvalue weighted by Gasteiger charge is 2.37. The molecule has 0 unspecified atom stereocenters. The van der Waals surface area contributed by atoms with E-state index in [1.807, 2.05) is 36.4 Å². The van der Waals surface area contributed by atoms with Crippen LogP contribution >= 0.6 is 23.5 Å². The van der Waals surface area contributed by atoms with E-state index in [-0.39, 0.29) is 0 Å². The van der Waals surface area contributed by atoms with E-state index in [0.717, 1.165) is 39.5 Å². The molecule has 39 heavy (non-hydrogen) atoms. The van der Waals surface area contributed by atoms with Crippen molar-refractivity contribution in [2.45, 2.75) is 63.6 Å². The van der Waals surface area contributed by atoms with Crippen molar-refractivity contribution in [3.8, 4) is 11.3 Å². The van der Waals surface area contributed by atoms with Gasteiger partial charge < -0.3 is 24.5 Å². The molecule has 1 aliphatic rings. The summed E-state index contributed by atoms with van der Waals surface area (Å²) in [5.74, 6) is 1.48. The zero-order chi connectivity index (χ0) is 28.2. The van der Waals surface area contributed by atoms with Crippen LogP contribution in [0.5, 0.6) is 0 Å². The number of piperidine rings is 1. The van der Waals surface area contributed by atoms with Crippen molar-refractivity contribution in [3.63, 3.8) is 0 Å². The number of aromatic nitrogens is 2. The van der Waals surface area contributed by atoms with Gasteiger partial charge in [0.15, 0.2) is 0 Å². The van der Waals surface area contributed by atoms with E-state index < -0.39 is 17.2 Å². The molecular formula is C29H34ClN5O3S. The van der Waals surface area contributed by atoms with Crippen LogP contribution in [0.25, 0.3) is 11.3 Å². The van der Waals surface area contributed by atoms with Gasteiger partial charge in [-0.05, 0) is 82.9 Å². The van der Waals surface area contributed by atoms with Gasteiger partial charge in [0.05, 0.1) is 10.7 Å². The molecule has 1 fully saturated rings. The molecule has 3 aromatic rings. The van der Waals surface area contributed by atoms with Gasteiger partial charge in [-0.3, -0.25) is 0 Å². The molecule has 8 nitrogen and oxygen atoms in total. The second-order valence-electron chi connectivity index (χ2n) is 10.7. The quantitative estimate of drug-likeness (QED) is 0.244. The van der Waals surface area contributed by atoms with E-state index in [4.69, 9.17) is 26.3 Å². The first-order valence-electron chi connectivity index (χ1n) is 12.8. The van der Waals surface area contributed by atoms with Crippen molar-refractivity contribution >= 4 is 47.6 Å². The summed E-state index contributed by atoms with van der Waals surface area (Å²) in [6.45, 7) is 10.6. The summed E-state index contributed by atoms with van der Waals surface area (Å²) in [4.78, 5) is 35.9. The molecular weight excluding hydrogens is 534 g/mol. The molecule has 2 aromatic heterocycles. The van der Waals surface area contributed by atoms with E-state index >= 15 is 0 Å². The molecule has 0 aliphatic carbocycles. The van der Waals surface area contributed by atoms with Gasteiger partial charge in [-0.1, -0.05) is 35.9 Å². The number of nitrogens with zero attached hydrogens (tertiary/aromatic N) is 3. The summed E-state index contributed by atoms with van der Waals surface area (Å²) in [7, 11) is 0. The van der Waals surface area contributed by atoms with Crippen molar-refractivity contribution in [3.05, 3.63) is 64.7 Å². The van der Waals surface area contributed by atoms with Crippen LogP contribution in [0.3, 0.4) is 0 Å². The molecule has 4 rings (SSSR count). The summed E-state index contributed by atoms with van der Waals surface area (Å²) in [6, 6.07) is 15.6. The monoisotopic (exact) mass is 567 g/mol. The number of ether oxygens (including phenoxy) is 1. The predicted molar refractivity (Wildman–Crippen MR) is 157 cm³/mol. The Morgan fingerprint density at radius 2 is 1.72 bits per heavy atom. The molecule has 1 aromatic carbocycles. The fourth-order valence-electron chi connectivity index (χ4n) is 4.52. The zero-order valence-electron chi connectivity index (χ0n) is 22.9. The van der Waals surface area contributed by atoms with Crippen LogP contribution in [0.2, 0.25) is 5.02 Å². The number of aldehydes is 1. The first-order chi connectivity index (χ1) is 18.5. The third kappa shape index (κ3) is 7.22. The number of hydrogen-bond acceptors (Lipinski definition) is 8. The molecule has 1 amide bonds. The highest BCUT2D eigenvalue weighted by molar-refractivity contribution is 8.00. The van der Waals surface area contributed by atoms with Gasteiger partial charge >= 0.3 is 6.09 Å². The lowest BCUT2D eigenvalue weighted by molar-refractivity contribution is -0.114. The number of anilines is 2. The second-order valence-corrected chi connectivity index (χ2v) is 12.0. The van der Waals surface area contributed by atoms with Crippen molar-refractivity contribution in [1.29, 1.82) is 0 Å². The van der Waals surface area contributed by atoms with Crippen molar-refractivity contribution in [2.75, 3.05) is 22.7 Å². The summed E-state index contributed by atoms with van der Waals surface area (Å²) in [5, 5.41) is 4.15. The molecule has 1 aliphatic heterocycles. The SMILES string of the molecule is Cc1cccc(C)c1-c1nc(NSc2cccc(N3CCC(C=O)(NC(=O)OC(C)(C)C)CC3)n2)ccc1Cl. The number of carbonyl (C=O) groups excluding carboxylic acids is 2. The Morgan fingerprint density at radius 3 is 2.36 bits per heavy atom. The van der Waals surface area contributed by atoms with E-state index in [2.05, 4.69) is 40.9 Å². The Balaban J connectivity index is 1.41. The van der Waals surface area contributed by atoms with E-state index in [9.17, 15) is 9.59 Å². The fraction of sp³-hybridized carbons (Fsp3) is 0.379. The molecule has 206 valence electrons. The molecule has 0 radical (unpaired) electrons. The van der Waals surface area contributed by atoms with E-state index in [1.165, 1.54) is 11.9 Å². The first kappa shape index (κ1) is 28.7. The fourth-order valence-corrected chi connectivity index (χ4v) is 5.33. The number of alkyl carbamates (subject to hydrolysis) is 1. The smallest absolute Gasteiger partial charge is 0.408 e. The molecule has 0 spiro atoms. The third-order valence-corrected chi connectivity index (χ3v) is 7.54. The average Bonchev–Trinajstić information content (AvgIpc) is 2.88. The average molecular weight is 568 g/mol. The number of pyridine rings is 2. The predicted octanol–water partition coefficient (Wildman–Crippen LogP) is 6.60. The Hall–Kier alpha value is -3.30. The standard InChI is InChI=1S/C29H34ClN5O3S/c1-19-8-6-9-20(2)25(19)26-21(30)12-13-22(31-26)34-39-24-11-7-10-23(32-24)35-16-14-29(18-36,15-17-35)33-27(37)38-28(3,4)5/h6-13,18H,14-17H2,1-5H3,(H,31,34)(H,33,37). The van der Waals surface area contributed by atoms with Gasteiger partial charge in [0.1, 0.15) is 34.1 Å². The van der Waals surface area contributed by atoms with Crippen LogP contribution in [0, 0.1) is 13.8 Å². The van der Waals surface area contributed by atoms with Gasteiger partial charge in [0.2, 0.25) is 0 Å². The topological polar surface area (TPSA) is 96.5 Å². The zero-order valence-corrected chi connectivity index (χ0v) is 24.4. The lowest BCUT2D eigenvalue weighted by Gasteiger charge is -2.39. The Labute approximate surface area is 239 Å². The van der Waals surface area contributed by atoms with Crippen LogP contribution in [0.15, 0.2) is 53.6 Å². The molecule has 0 atom stereocenters. The number of aryl methyl sites for hydroxylation is 2. The van der Waals surface area contributed by atoms with Gasteiger partial charge in [-0.25, -0.2) is 14.8 Å². The minimum absolute atomic E-state index is 0.461. The maximum absolute atomic E-state index is 12.3. The molecule has 10 heteroatoms. The number of benzene rings is 1. The highest BCUT2D eigenvalue weighted by Crippen LogP contribution is 2.33. The summed E-state index contributed by atoms with van der Waals surface area (Å²) in [6.07, 6.45) is 1.16. The maximum Gasteiger partial charge on any atom is 0.408 e. The Morgan fingerprint density at radius 1 is 1.05 bits per heavy atom. The normalized spacial score (nSPS) is 15.0. The van der Waals surface area contributed by atoms with Crippen LogP contribution in [0.1, 0.15) is 44.7 Å². The van der Waals surface area contributed by atoms with E-state index in [1.54, 1.807) is 20.8 Å². The summed E-state index contributed by atoms with van der Waals surface area (Å²) >= 11 is 7.88. The van der Waals surface area contributed by atoms with Crippen LogP contribution in [-0.4, -0.2) is 46.6 Å². The minimum atomic E-state index is -0.944. The number of amides is 1. The van der Waals surface area contributed by atoms with E-state index in [0.29, 0.717) is 36.8 Å². The lowest BCUT2D eigenvalue weighted by atomic mass is 9.89. The highest BCUT2D eigenvalue weighted by atomic mass is 35.5. The lowest BCUT2D eigenvalue weighted by Crippen LogP contribution is -2.57. The second kappa shape index (κ2) is 11.8. The summed E-state index contributed by atoms with van der Waals surface area (Å²) in [5.41, 5.74) is 2.43. The maximum atomic E-state index is 12.3. The molecule has 3 heterocycles. The van der Waals surface area contributed by atoms with Crippen molar-refractivity contribution in [1.82, 2.24) is 15.3 Å². The Kier molecular flexibility index (Phi) is 8.71. The summed E-state index contributed by atoms with van der Waals surface area (Å²) < 4.78 is 8.64. The number of hydrogen-bond donors (Lipinski definition) is 2. The van der Waals surface area contributed by atoms with Crippen LogP contribution in [0.4, 0.5) is 16.4 Å². The van der Waals surface area contributed by atoms with Gasteiger partial charge in [-0.2, -0.15) is 0 Å². The molecule has 0 saturated carbocycles. The number of halogens is 1. The molecule has 0 bridgehead atoms. The van der Waals surface area contributed by atoms with Gasteiger partial charge in [0, 0.05) is 30.6 Å². The van der Waals surface area contributed by atoms with Gasteiger partial charge in [-0.15, -0.1) is 0 Å². The molecule has 2 N–H and O–H groups in total. The number of nitrogens with one attached hydrogen (secondary N) is 2. The van der Waals surface area contributed by atoms with Crippen LogP contribution in [-0.2, 0) is 9.53 Å². The molecule has 1 saturated heterocycles. The number of carbonyl (C=O) groups is 2.